The molecule has 10 rings (SSSR count). The van der Waals surface area contributed by atoms with Crippen molar-refractivity contribution in [2.75, 3.05) is 0 Å². The van der Waals surface area contributed by atoms with E-state index >= 15 is 0 Å². The van der Waals surface area contributed by atoms with E-state index in [-0.39, 0.29) is 49.6 Å². The Balaban J connectivity index is 0.00000182. The Morgan fingerprint density at radius 3 is 2.08 bits per heavy atom. The fraction of sp³-hybridized carbons (Fsp3) is 0.644. The van der Waals surface area contributed by atoms with Gasteiger partial charge in [0, 0.05) is 0 Å². The van der Waals surface area contributed by atoms with Crippen molar-refractivity contribution in [1.82, 2.24) is 0 Å². The fourth-order valence-electron chi connectivity index (χ4n) is 14.0. The standard InChI is InChI=1S/C29H37.C16H21.2ClH.Zr/c1-18-25-22-17-19-13-9-10-14-20(19)24(22)21-15-11-12-16-23(21)29(25,8)28(6,7)27(4,5)26(18,2)3;1-10-2-3-13(4-10)16-14-6-11-5-12(8-14)9-15(16)7-11;;;/h9-11,13-15,23H,12,16-17H2,1-8H3;3-4,10-12,14-16H,5-9H2,1H3;2*1H;/q;;;;+2/p-2. The van der Waals surface area contributed by atoms with Gasteiger partial charge in [-0.05, 0) is 0 Å². The Morgan fingerprint density at radius 1 is 0.771 bits per heavy atom. The minimum Gasteiger partial charge on any atom is -1.00 e. The molecule has 4 bridgehead atoms. The Bertz CT molecular complexity index is 1670. The summed E-state index contributed by atoms with van der Waals surface area (Å²) in [5.74, 6) is 6.16. The molecule has 5 saturated carbocycles. The van der Waals surface area contributed by atoms with E-state index in [1.807, 2.05) is 8.85 Å². The molecule has 0 saturated heterocycles. The van der Waals surface area contributed by atoms with Gasteiger partial charge in [-0.25, -0.2) is 0 Å². The van der Waals surface area contributed by atoms with Crippen molar-refractivity contribution in [3.05, 3.63) is 85.3 Å². The van der Waals surface area contributed by atoms with Gasteiger partial charge in [-0.3, -0.25) is 0 Å². The van der Waals surface area contributed by atoms with Gasteiger partial charge in [0.2, 0.25) is 0 Å². The van der Waals surface area contributed by atoms with Crippen LogP contribution in [-0.4, -0.2) is 0 Å². The van der Waals surface area contributed by atoms with E-state index in [4.69, 9.17) is 0 Å². The molecular weight excluding hydrogens is 703 g/mol. The van der Waals surface area contributed by atoms with Crippen molar-refractivity contribution in [2.24, 2.45) is 63.1 Å². The normalized spacial score (nSPS) is 41.6. The Labute approximate surface area is 316 Å². The van der Waals surface area contributed by atoms with E-state index in [0.29, 0.717) is 11.8 Å². The third-order valence-corrected chi connectivity index (χ3v) is 23.1. The third-order valence-electron chi connectivity index (χ3n) is 17.5. The second-order valence-electron chi connectivity index (χ2n) is 19.4. The molecule has 0 amide bonds. The molecule has 0 aliphatic heterocycles. The maximum Gasteiger partial charge on any atom is -1.00 e. The van der Waals surface area contributed by atoms with E-state index in [9.17, 15) is 0 Å². The molecule has 0 nitrogen and oxygen atoms in total. The van der Waals surface area contributed by atoms with Gasteiger partial charge in [-0.2, -0.15) is 0 Å². The van der Waals surface area contributed by atoms with Gasteiger partial charge in [-0.15, -0.1) is 0 Å². The summed E-state index contributed by atoms with van der Waals surface area (Å²) in [4.78, 5) is 0. The van der Waals surface area contributed by atoms with E-state index in [1.54, 1.807) is 39.8 Å². The Hall–Kier alpha value is -0.617. The average molecular weight is 761 g/mol. The monoisotopic (exact) mass is 758 g/mol. The van der Waals surface area contributed by atoms with Crippen molar-refractivity contribution >= 4 is 5.57 Å². The van der Waals surface area contributed by atoms with E-state index in [1.165, 1.54) is 38.5 Å². The summed E-state index contributed by atoms with van der Waals surface area (Å²) in [6.07, 6.45) is 22.1. The Kier molecular flexibility index (Phi) is 8.53. The summed E-state index contributed by atoms with van der Waals surface area (Å²) in [7, 11) is 0. The SMILES string of the molecule is CC1C=C(C2C3CC4CC(C3)CC2C4)C=[C]1[Zr+2][C]1(C)C2=C3Cc4ccccc4C3=C3C=CCCC3C2(C)C(C)(C)C(C)(C)C1(C)C.[Cl-].[Cl-]. The largest absolute Gasteiger partial charge is 1.00 e. The predicted octanol–water partition coefficient (Wildman–Crippen LogP) is 6.17. The van der Waals surface area contributed by atoms with Gasteiger partial charge < -0.3 is 24.8 Å². The van der Waals surface area contributed by atoms with Crippen LogP contribution in [0.1, 0.15) is 118 Å². The van der Waals surface area contributed by atoms with Crippen LogP contribution in [0, 0.1) is 63.1 Å². The zero-order valence-electron chi connectivity index (χ0n) is 31.1. The van der Waals surface area contributed by atoms with Crippen molar-refractivity contribution in [2.45, 2.75) is 117 Å². The van der Waals surface area contributed by atoms with Crippen LogP contribution < -0.4 is 24.8 Å². The number of hydrogen-bond acceptors (Lipinski definition) is 0. The minimum atomic E-state index is -1.08. The van der Waals surface area contributed by atoms with Crippen LogP contribution in [0.2, 0.25) is 3.12 Å². The third kappa shape index (κ3) is 4.29. The smallest absolute Gasteiger partial charge is 1.00 e. The molecule has 48 heavy (non-hydrogen) atoms. The molecule has 1 aromatic carbocycles. The molecule has 256 valence electrons. The van der Waals surface area contributed by atoms with Crippen molar-refractivity contribution in [3.8, 4) is 0 Å². The molecule has 0 spiro atoms. The molecule has 0 aromatic heterocycles. The minimum absolute atomic E-state index is 0. The summed E-state index contributed by atoms with van der Waals surface area (Å²) in [5.41, 5.74) is 12.6. The van der Waals surface area contributed by atoms with Gasteiger partial charge in [0.05, 0.1) is 0 Å². The number of benzene rings is 1. The zero-order valence-corrected chi connectivity index (χ0v) is 35.0. The molecule has 5 fully saturated rings. The van der Waals surface area contributed by atoms with E-state index in [2.05, 4.69) is 111 Å². The summed E-state index contributed by atoms with van der Waals surface area (Å²) in [6.45, 7) is 24.4. The first-order valence-corrected chi connectivity index (χ1v) is 21.6. The molecule has 9 aliphatic rings. The summed E-state index contributed by atoms with van der Waals surface area (Å²) < 4.78 is 2.14. The first kappa shape index (κ1) is 35.8. The van der Waals surface area contributed by atoms with Crippen LogP contribution in [0.15, 0.2) is 74.1 Å². The van der Waals surface area contributed by atoms with Crippen molar-refractivity contribution in [1.29, 1.82) is 0 Å². The van der Waals surface area contributed by atoms with Crippen LogP contribution in [0.5, 0.6) is 0 Å². The molecule has 0 radical (unpaired) electrons. The van der Waals surface area contributed by atoms with Crippen LogP contribution in [-0.2, 0) is 29.7 Å². The summed E-state index contributed by atoms with van der Waals surface area (Å²) >= 11 is -1.08. The number of halogens is 2. The first-order chi connectivity index (χ1) is 21.7. The van der Waals surface area contributed by atoms with Crippen LogP contribution in [0.25, 0.3) is 5.57 Å². The number of rotatable bonds is 3. The molecule has 4 unspecified atom stereocenters. The predicted molar refractivity (Wildman–Crippen MR) is 190 cm³/mol. The number of fused-ring (bicyclic) bond motifs is 6. The van der Waals surface area contributed by atoms with Gasteiger partial charge >= 0.3 is 294 Å². The van der Waals surface area contributed by atoms with Crippen LogP contribution >= 0.6 is 0 Å². The van der Waals surface area contributed by atoms with Crippen LogP contribution in [0.3, 0.4) is 0 Å². The quantitative estimate of drug-likeness (QED) is 0.346. The van der Waals surface area contributed by atoms with Gasteiger partial charge in [0.25, 0.3) is 0 Å². The number of hydrogen-bond donors (Lipinski definition) is 0. The Morgan fingerprint density at radius 2 is 1.42 bits per heavy atom. The maximum absolute atomic E-state index is 2.87. The van der Waals surface area contributed by atoms with Gasteiger partial charge in [-0.1, -0.05) is 0 Å². The molecule has 1 aromatic rings. The van der Waals surface area contributed by atoms with E-state index < -0.39 is 23.2 Å². The molecule has 4 atom stereocenters. The maximum atomic E-state index is 2.87. The molecule has 3 heteroatoms. The molecule has 9 aliphatic carbocycles. The molecular formula is C45H58Cl2Zr. The molecule has 0 heterocycles. The summed E-state index contributed by atoms with van der Waals surface area (Å²) in [6, 6.07) is 9.48. The van der Waals surface area contributed by atoms with Crippen molar-refractivity contribution < 1.29 is 48.0 Å². The number of allylic oxidation sites excluding steroid dienone is 10. The topological polar surface area (TPSA) is 0 Å². The van der Waals surface area contributed by atoms with Crippen LogP contribution in [0.4, 0.5) is 0 Å². The fourth-order valence-corrected chi connectivity index (χ4v) is 19.6. The average Bonchev–Trinajstić information content (AvgIpc) is 3.55. The van der Waals surface area contributed by atoms with Gasteiger partial charge in [0.1, 0.15) is 0 Å². The second-order valence-corrected chi connectivity index (χ2v) is 23.9. The summed E-state index contributed by atoms with van der Waals surface area (Å²) in [5, 5.41) is 0. The molecule has 0 N–H and O–H groups in total. The van der Waals surface area contributed by atoms with E-state index in [0.717, 1.165) is 36.0 Å². The zero-order chi connectivity index (χ0) is 32.2. The van der Waals surface area contributed by atoms with Crippen molar-refractivity contribution in [3.63, 3.8) is 0 Å². The van der Waals surface area contributed by atoms with Gasteiger partial charge in [0.15, 0.2) is 0 Å². The first-order valence-electron chi connectivity index (χ1n) is 19.2. The second kappa shape index (κ2) is 11.4.